The minimum Gasteiger partial charge on any atom is -0.462 e. The Morgan fingerprint density at radius 2 is 1.84 bits per heavy atom. The van der Waals surface area contributed by atoms with E-state index in [-0.39, 0.29) is 17.9 Å². The highest BCUT2D eigenvalue weighted by Gasteiger charge is 2.59. The minimum absolute atomic E-state index is 0.0165. The zero-order chi connectivity index (χ0) is 26.4. The van der Waals surface area contributed by atoms with E-state index in [0.717, 1.165) is 35.2 Å². The van der Waals surface area contributed by atoms with Gasteiger partial charge in [-0.2, -0.15) is 0 Å². The Labute approximate surface area is 219 Å². The summed E-state index contributed by atoms with van der Waals surface area (Å²) >= 11 is 0. The Kier molecular flexibility index (Phi) is 8.55. The first-order valence-corrected chi connectivity index (χ1v) is 13.0. The highest BCUT2D eigenvalue weighted by molar-refractivity contribution is 5.80. The summed E-state index contributed by atoms with van der Waals surface area (Å²) in [4.78, 5) is 16.7. The van der Waals surface area contributed by atoms with Gasteiger partial charge in [-0.1, -0.05) is 69.0 Å². The molecule has 0 amide bonds. The van der Waals surface area contributed by atoms with E-state index in [0.29, 0.717) is 31.0 Å². The second kappa shape index (κ2) is 11.8. The topological polar surface area (TPSA) is 48.4 Å². The Morgan fingerprint density at radius 3 is 2.51 bits per heavy atom. The van der Waals surface area contributed by atoms with E-state index in [2.05, 4.69) is 37.5 Å². The fourth-order valence-corrected chi connectivity index (χ4v) is 5.54. The number of ether oxygens (including phenoxy) is 2. The average Bonchev–Trinajstić information content (AvgIpc) is 3.14. The number of hydrogen-bond acceptors (Lipinski definition) is 4. The molecular weight excluding hydrogens is 465 g/mol. The van der Waals surface area contributed by atoms with Gasteiger partial charge in [-0.05, 0) is 67.0 Å². The number of cyclic esters (lactones) is 1. The predicted molar refractivity (Wildman–Crippen MR) is 145 cm³/mol. The number of pyridine rings is 1. The number of fused-ring (bicyclic) bond motifs is 1. The lowest BCUT2D eigenvalue weighted by Gasteiger charge is -2.42. The summed E-state index contributed by atoms with van der Waals surface area (Å²) in [5.74, 6) is 1.19. The van der Waals surface area contributed by atoms with Crippen LogP contribution in [0.25, 0.3) is 17.2 Å². The molecule has 5 heteroatoms. The number of nitrogens with zero attached hydrogens (tertiary/aromatic N) is 1. The molecule has 1 aliphatic carbocycles. The number of aromatic nitrogens is 1. The molecule has 5 atom stereocenters. The van der Waals surface area contributed by atoms with Gasteiger partial charge >= 0.3 is 5.97 Å². The van der Waals surface area contributed by atoms with Gasteiger partial charge in [-0.3, -0.25) is 9.78 Å². The number of rotatable bonds is 6. The minimum atomic E-state index is -0.430. The molecule has 2 aromatic carbocycles. The first-order chi connectivity index (χ1) is 17.8. The normalized spacial score (nSPS) is 26.4. The molecule has 2 fully saturated rings. The molecule has 5 unspecified atom stereocenters. The third-order valence-corrected chi connectivity index (χ3v) is 7.88. The van der Waals surface area contributed by atoms with Crippen molar-refractivity contribution in [3.05, 3.63) is 96.6 Å². The quantitative estimate of drug-likeness (QED) is 0.331. The van der Waals surface area contributed by atoms with Crippen molar-refractivity contribution in [1.82, 2.24) is 4.98 Å². The molecule has 1 aromatic heterocycles. The summed E-state index contributed by atoms with van der Waals surface area (Å²) in [5.41, 5.74) is 3.26. The van der Waals surface area contributed by atoms with Gasteiger partial charge in [0, 0.05) is 17.7 Å². The highest BCUT2D eigenvalue weighted by atomic mass is 19.1. The van der Waals surface area contributed by atoms with E-state index in [4.69, 9.17) is 9.47 Å². The van der Waals surface area contributed by atoms with Crippen LogP contribution in [-0.4, -0.2) is 23.7 Å². The van der Waals surface area contributed by atoms with Crippen LogP contribution in [0.5, 0.6) is 0 Å². The van der Waals surface area contributed by atoms with E-state index in [1.54, 1.807) is 18.3 Å². The maximum absolute atomic E-state index is 13.0. The Bertz CT molecular complexity index is 1200. The lowest BCUT2D eigenvalue weighted by molar-refractivity contribution is -0.154. The number of halogens is 1. The van der Waals surface area contributed by atoms with E-state index in [1.807, 2.05) is 43.3 Å². The average molecular weight is 502 g/mol. The molecule has 2 aliphatic rings. The Balaban J connectivity index is 0.000000186. The standard InChI is InChI=1S/C19H26O3.C13H10FN/c1-13-9-17-15(3)22-18(20)19(17,10-14(13)2)12-21-11-16-7-5-4-6-8-16;1-2-13-7-6-11(9-15-13)10-4-3-5-12(14)8-10/h4-8,13-15,17H,9-12H2,1-3H3;2-9H,1H2. The second-order valence-corrected chi connectivity index (χ2v) is 10.4. The molecule has 1 aliphatic heterocycles. The fraction of sp³-hybridized carbons (Fsp3) is 0.375. The molecule has 0 N–H and O–H groups in total. The molecule has 0 spiro atoms. The van der Waals surface area contributed by atoms with Gasteiger partial charge in [0.05, 0.1) is 24.3 Å². The number of carbonyl (C=O) groups excluding carboxylic acids is 1. The number of hydrogen-bond donors (Lipinski definition) is 0. The SMILES string of the molecule is C=Cc1ccc(-c2cccc(F)c2)cn1.CC1CC2C(C)OC(=O)C2(COCc2ccccc2)CC1C. The van der Waals surface area contributed by atoms with E-state index in [9.17, 15) is 9.18 Å². The van der Waals surface area contributed by atoms with Gasteiger partial charge in [0.25, 0.3) is 0 Å². The third kappa shape index (κ3) is 6.16. The molecule has 0 radical (unpaired) electrons. The maximum atomic E-state index is 13.0. The molecular formula is C32H36FNO3. The lowest BCUT2D eigenvalue weighted by Crippen LogP contribution is -2.45. The number of esters is 1. The van der Waals surface area contributed by atoms with Crippen molar-refractivity contribution in [2.24, 2.45) is 23.2 Å². The Morgan fingerprint density at radius 1 is 1.05 bits per heavy atom. The van der Waals surface area contributed by atoms with Gasteiger partial charge < -0.3 is 9.47 Å². The zero-order valence-electron chi connectivity index (χ0n) is 21.9. The summed E-state index contributed by atoms with van der Waals surface area (Å²) in [6, 6.07) is 20.3. The van der Waals surface area contributed by atoms with Gasteiger partial charge in [0.2, 0.25) is 0 Å². The fourth-order valence-electron chi connectivity index (χ4n) is 5.54. The maximum Gasteiger partial charge on any atom is 0.315 e. The monoisotopic (exact) mass is 501 g/mol. The molecule has 37 heavy (non-hydrogen) atoms. The highest BCUT2D eigenvalue weighted by Crippen LogP contribution is 2.53. The van der Waals surface area contributed by atoms with Gasteiger partial charge in [-0.25, -0.2) is 4.39 Å². The van der Waals surface area contributed by atoms with Crippen LogP contribution in [0.4, 0.5) is 4.39 Å². The van der Waals surface area contributed by atoms with Crippen molar-refractivity contribution in [2.75, 3.05) is 6.61 Å². The van der Waals surface area contributed by atoms with Crippen LogP contribution >= 0.6 is 0 Å². The number of benzene rings is 2. The van der Waals surface area contributed by atoms with Crippen molar-refractivity contribution in [3.8, 4) is 11.1 Å². The number of carbonyl (C=O) groups is 1. The van der Waals surface area contributed by atoms with Gasteiger partial charge in [0.15, 0.2) is 0 Å². The largest absolute Gasteiger partial charge is 0.462 e. The van der Waals surface area contributed by atoms with Crippen LogP contribution in [0.3, 0.4) is 0 Å². The Hall–Kier alpha value is -3.31. The summed E-state index contributed by atoms with van der Waals surface area (Å²) in [5, 5.41) is 0. The molecule has 194 valence electrons. The lowest BCUT2D eigenvalue weighted by atomic mass is 9.60. The zero-order valence-corrected chi connectivity index (χ0v) is 21.9. The summed E-state index contributed by atoms with van der Waals surface area (Å²) in [7, 11) is 0. The predicted octanol–water partition coefficient (Wildman–Crippen LogP) is 7.35. The summed E-state index contributed by atoms with van der Waals surface area (Å²) < 4.78 is 24.5. The first-order valence-electron chi connectivity index (χ1n) is 13.0. The summed E-state index contributed by atoms with van der Waals surface area (Å²) in [6.45, 7) is 11.2. The van der Waals surface area contributed by atoms with Crippen LogP contribution in [0.2, 0.25) is 0 Å². The van der Waals surface area contributed by atoms with Crippen molar-refractivity contribution < 1.29 is 18.7 Å². The molecule has 5 rings (SSSR count). The van der Waals surface area contributed by atoms with Crippen LogP contribution in [0.15, 0.2) is 79.5 Å². The van der Waals surface area contributed by atoms with Crippen molar-refractivity contribution in [3.63, 3.8) is 0 Å². The molecule has 0 bridgehead atoms. The molecule has 2 heterocycles. The van der Waals surface area contributed by atoms with Gasteiger partial charge in [0.1, 0.15) is 11.9 Å². The molecule has 4 nitrogen and oxygen atoms in total. The van der Waals surface area contributed by atoms with E-state index in [1.165, 1.54) is 12.1 Å². The molecule has 3 aromatic rings. The van der Waals surface area contributed by atoms with Gasteiger partial charge in [-0.15, -0.1) is 0 Å². The molecule has 1 saturated carbocycles. The first kappa shape index (κ1) is 26.7. The van der Waals surface area contributed by atoms with Crippen molar-refractivity contribution >= 4 is 12.0 Å². The van der Waals surface area contributed by atoms with Crippen LogP contribution in [0, 0.1) is 29.0 Å². The van der Waals surface area contributed by atoms with Crippen molar-refractivity contribution in [1.29, 1.82) is 0 Å². The van der Waals surface area contributed by atoms with E-state index < -0.39 is 5.41 Å². The van der Waals surface area contributed by atoms with Crippen LogP contribution in [0.1, 0.15) is 44.9 Å². The van der Waals surface area contributed by atoms with E-state index >= 15 is 0 Å². The van der Waals surface area contributed by atoms with Crippen LogP contribution in [-0.2, 0) is 20.9 Å². The second-order valence-electron chi connectivity index (χ2n) is 10.4. The molecule has 1 saturated heterocycles. The summed E-state index contributed by atoms with van der Waals surface area (Å²) in [6.07, 6.45) is 5.35. The van der Waals surface area contributed by atoms with Crippen molar-refractivity contribution in [2.45, 2.75) is 46.3 Å². The van der Waals surface area contributed by atoms with Crippen LogP contribution < -0.4 is 0 Å². The third-order valence-electron chi connectivity index (χ3n) is 7.88. The smallest absolute Gasteiger partial charge is 0.315 e.